The Kier molecular flexibility index (Phi) is 8.15. The molecule has 1 aliphatic carbocycles. The van der Waals surface area contributed by atoms with Crippen LogP contribution in [0, 0.1) is 0 Å². The van der Waals surface area contributed by atoms with Gasteiger partial charge in [-0.2, -0.15) is 4.31 Å². The third-order valence-electron chi connectivity index (χ3n) is 6.53. The monoisotopic (exact) mass is 473 g/mol. The average Bonchev–Trinajstić information content (AvgIpc) is 2.80. The van der Waals surface area contributed by atoms with E-state index in [0.29, 0.717) is 32.8 Å². The van der Waals surface area contributed by atoms with Crippen molar-refractivity contribution < 1.29 is 21.6 Å². The van der Waals surface area contributed by atoms with Crippen molar-refractivity contribution in [2.75, 3.05) is 45.9 Å². The van der Waals surface area contributed by atoms with Crippen LogP contribution in [0.15, 0.2) is 34.1 Å². The van der Waals surface area contributed by atoms with E-state index in [0.717, 1.165) is 38.8 Å². The normalized spacial score (nSPS) is 20.7. The van der Waals surface area contributed by atoms with E-state index in [-0.39, 0.29) is 15.3 Å². The van der Waals surface area contributed by atoms with Crippen molar-refractivity contribution in [1.82, 2.24) is 13.9 Å². The maximum atomic E-state index is 13.0. The highest BCUT2D eigenvalue weighted by molar-refractivity contribution is 7.89. The molecule has 0 aromatic heterocycles. The van der Waals surface area contributed by atoms with Gasteiger partial charge in [0.15, 0.2) is 0 Å². The van der Waals surface area contributed by atoms with Gasteiger partial charge in [-0.1, -0.05) is 33.1 Å². The lowest BCUT2D eigenvalue weighted by Gasteiger charge is -2.48. The van der Waals surface area contributed by atoms with Crippen LogP contribution in [0.4, 0.5) is 0 Å². The molecular formula is C21H35N3O5S2. The van der Waals surface area contributed by atoms with E-state index >= 15 is 0 Å². The lowest BCUT2D eigenvalue weighted by molar-refractivity contribution is -0.0348. The summed E-state index contributed by atoms with van der Waals surface area (Å²) >= 11 is 0. The Morgan fingerprint density at radius 1 is 0.935 bits per heavy atom. The van der Waals surface area contributed by atoms with Crippen LogP contribution < -0.4 is 4.72 Å². The average molecular weight is 474 g/mol. The number of nitrogens with zero attached hydrogens (tertiary/aromatic N) is 2. The molecule has 1 aromatic carbocycles. The minimum absolute atomic E-state index is 0.0823. The third-order valence-corrected chi connectivity index (χ3v) is 10.0. The molecule has 10 heteroatoms. The van der Waals surface area contributed by atoms with Gasteiger partial charge in [0.25, 0.3) is 0 Å². The number of rotatable bonds is 9. The van der Waals surface area contributed by atoms with Gasteiger partial charge in [0, 0.05) is 38.3 Å². The molecule has 2 fully saturated rings. The molecule has 1 saturated heterocycles. The van der Waals surface area contributed by atoms with Crippen LogP contribution in [0.5, 0.6) is 0 Å². The number of morpholine rings is 1. The summed E-state index contributed by atoms with van der Waals surface area (Å²) in [6.45, 7) is 7.63. The van der Waals surface area contributed by atoms with E-state index in [4.69, 9.17) is 4.74 Å². The van der Waals surface area contributed by atoms with Crippen molar-refractivity contribution in [3.8, 4) is 0 Å². The SMILES string of the molecule is CCN(CC)S(=O)(=O)c1ccc(S(=O)(=O)NCC2(N3CCOCC3)CCCCC2)cc1. The molecule has 1 N–H and O–H groups in total. The largest absolute Gasteiger partial charge is 0.379 e. The molecule has 2 aliphatic rings. The van der Waals surface area contributed by atoms with Gasteiger partial charge < -0.3 is 4.74 Å². The van der Waals surface area contributed by atoms with Crippen LogP contribution in [-0.2, 0) is 24.8 Å². The summed E-state index contributed by atoms with van der Waals surface area (Å²) in [6.07, 6.45) is 5.31. The molecule has 1 saturated carbocycles. The van der Waals surface area contributed by atoms with E-state index in [2.05, 4.69) is 9.62 Å². The molecule has 0 atom stereocenters. The Labute approximate surface area is 187 Å². The zero-order valence-corrected chi connectivity index (χ0v) is 20.2. The summed E-state index contributed by atoms with van der Waals surface area (Å²) in [7, 11) is -7.36. The van der Waals surface area contributed by atoms with E-state index in [9.17, 15) is 16.8 Å². The van der Waals surface area contributed by atoms with E-state index < -0.39 is 20.0 Å². The first-order valence-electron chi connectivity index (χ1n) is 11.2. The Bertz CT molecular complexity index is 916. The highest BCUT2D eigenvalue weighted by Crippen LogP contribution is 2.34. The van der Waals surface area contributed by atoms with Crippen LogP contribution in [-0.4, -0.2) is 77.5 Å². The third kappa shape index (κ3) is 5.48. The molecule has 176 valence electrons. The summed E-state index contributed by atoms with van der Waals surface area (Å²) in [5, 5.41) is 0. The first-order valence-corrected chi connectivity index (χ1v) is 14.1. The fourth-order valence-electron chi connectivity index (χ4n) is 4.67. The summed E-state index contributed by atoms with van der Waals surface area (Å²) in [5.41, 5.74) is -0.179. The Balaban J connectivity index is 1.75. The fraction of sp³-hybridized carbons (Fsp3) is 0.714. The van der Waals surface area contributed by atoms with Crippen molar-refractivity contribution in [3.63, 3.8) is 0 Å². The van der Waals surface area contributed by atoms with Crippen LogP contribution in [0.25, 0.3) is 0 Å². The summed E-state index contributed by atoms with van der Waals surface area (Å²) in [5.74, 6) is 0. The van der Waals surface area contributed by atoms with Gasteiger partial charge in [-0.15, -0.1) is 0 Å². The molecule has 8 nitrogen and oxygen atoms in total. The molecule has 1 heterocycles. The number of sulfonamides is 2. The van der Waals surface area contributed by atoms with Gasteiger partial charge in [-0.3, -0.25) is 4.90 Å². The quantitative estimate of drug-likeness (QED) is 0.590. The summed E-state index contributed by atoms with van der Waals surface area (Å²) in [4.78, 5) is 2.57. The van der Waals surface area contributed by atoms with E-state index in [1.54, 1.807) is 13.8 Å². The van der Waals surface area contributed by atoms with Gasteiger partial charge in [-0.25, -0.2) is 21.6 Å². The van der Waals surface area contributed by atoms with Gasteiger partial charge in [0.1, 0.15) is 0 Å². The first kappa shape index (κ1) is 24.6. The molecule has 0 unspecified atom stereocenters. The highest BCUT2D eigenvalue weighted by atomic mass is 32.2. The molecule has 1 aliphatic heterocycles. The van der Waals surface area contributed by atoms with E-state index in [1.165, 1.54) is 35.0 Å². The molecule has 0 bridgehead atoms. The predicted molar refractivity (Wildman–Crippen MR) is 120 cm³/mol. The molecule has 1 aromatic rings. The second kappa shape index (κ2) is 10.3. The predicted octanol–water partition coefficient (Wildman–Crippen LogP) is 2.03. The van der Waals surface area contributed by atoms with Crippen molar-refractivity contribution in [2.45, 2.75) is 61.3 Å². The lowest BCUT2D eigenvalue weighted by atomic mass is 9.80. The summed E-state index contributed by atoms with van der Waals surface area (Å²) < 4.78 is 60.9. The Morgan fingerprint density at radius 3 is 2.03 bits per heavy atom. The van der Waals surface area contributed by atoms with Crippen LogP contribution in [0.1, 0.15) is 46.0 Å². The fourth-order valence-corrected chi connectivity index (χ4v) is 7.25. The minimum Gasteiger partial charge on any atom is -0.379 e. The summed E-state index contributed by atoms with van der Waals surface area (Å²) in [6, 6.07) is 5.50. The minimum atomic E-state index is -3.75. The Hall–Kier alpha value is -1.04. The number of hydrogen-bond donors (Lipinski definition) is 1. The molecular weight excluding hydrogens is 438 g/mol. The van der Waals surface area contributed by atoms with Crippen molar-refractivity contribution in [1.29, 1.82) is 0 Å². The smallest absolute Gasteiger partial charge is 0.243 e. The molecule has 0 radical (unpaired) electrons. The topological polar surface area (TPSA) is 96.0 Å². The van der Waals surface area contributed by atoms with E-state index in [1.807, 2.05) is 0 Å². The second-order valence-corrected chi connectivity index (χ2v) is 12.0. The number of hydrogen-bond acceptors (Lipinski definition) is 6. The van der Waals surface area contributed by atoms with Gasteiger partial charge in [-0.05, 0) is 37.1 Å². The zero-order chi connectivity index (χ0) is 22.5. The molecule has 0 amide bonds. The van der Waals surface area contributed by atoms with Crippen molar-refractivity contribution in [3.05, 3.63) is 24.3 Å². The van der Waals surface area contributed by atoms with Gasteiger partial charge in [0.2, 0.25) is 20.0 Å². The first-order chi connectivity index (χ1) is 14.7. The maximum Gasteiger partial charge on any atom is 0.243 e. The molecule has 31 heavy (non-hydrogen) atoms. The second-order valence-electron chi connectivity index (χ2n) is 8.27. The zero-order valence-electron chi connectivity index (χ0n) is 18.5. The van der Waals surface area contributed by atoms with Crippen molar-refractivity contribution >= 4 is 20.0 Å². The Morgan fingerprint density at radius 2 is 1.48 bits per heavy atom. The van der Waals surface area contributed by atoms with Crippen LogP contribution >= 0.6 is 0 Å². The van der Waals surface area contributed by atoms with Gasteiger partial charge in [0.05, 0.1) is 23.0 Å². The number of benzene rings is 1. The number of ether oxygens (including phenoxy) is 1. The lowest BCUT2D eigenvalue weighted by Crippen LogP contribution is -2.59. The van der Waals surface area contributed by atoms with Crippen LogP contribution in [0.3, 0.4) is 0 Å². The highest BCUT2D eigenvalue weighted by Gasteiger charge is 2.39. The van der Waals surface area contributed by atoms with Crippen molar-refractivity contribution in [2.24, 2.45) is 0 Å². The van der Waals surface area contributed by atoms with Crippen LogP contribution in [0.2, 0.25) is 0 Å². The maximum absolute atomic E-state index is 13.0. The van der Waals surface area contributed by atoms with Gasteiger partial charge >= 0.3 is 0 Å². The standard InChI is InChI=1S/C21H35N3O5S2/c1-3-24(4-2)31(27,28)20-10-8-19(9-11-20)30(25,26)22-18-21(12-6-5-7-13-21)23-14-16-29-17-15-23/h8-11,22H,3-7,12-18H2,1-2H3. The molecule has 0 spiro atoms. The molecule has 3 rings (SSSR count). The number of nitrogens with one attached hydrogen (secondary N) is 1.